The maximum absolute atomic E-state index is 12.6. The summed E-state index contributed by atoms with van der Waals surface area (Å²) in [6.45, 7) is 8.41. The average Bonchev–Trinajstić information content (AvgIpc) is 2.69. The number of ether oxygens (including phenoxy) is 1. The Morgan fingerprint density at radius 3 is 2.70 bits per heavy atom. The van der Waals surface area contributed by atoms with Crippen molar-refractivity contribution >= 4 is 11.7 Å². The molecule has 2 aromatic rings. The van der Waals surface area contributed by atoms with Crippen LogP contribution in [0.2, 0.25) is 0 Å². The highest BCUT2D eigenvalue weighted by atomic mass is 16.6. The van der Waals surface area contributed by atoms with E-state index >= 15 is 0 Å². The molecule has 0 aliphatic carbocycles. The number of aromatic nitrogens is 3. The Morgan fingerprint density at radius 2 is 2.00 bits per heavy atom. The molecule has 7 heteroatoms. The van der Waals surface area contributed by atoms with Crippen LogP contribution in [0.25, 0.3) is 5.65 Å². The number of nitrogens with zero attached hydrogens (tertiary/aromatic N) is 3. The molecule has 0 aromatic carbocycles. The summed E-state index contributed by atoms with van der Waals surface area (Å²) in [6, 6.07) is 0. The molecule has 1 aliphatic heterocycles. The lowest BCUT2D eigenvalue weighted by molar-refractivity contribution is 0.0258. The standard InChI is InChI=1S/C16H22N4O3/c1-10-9-17-20-13(10)18-12-6-8-19(7-5-11(12)14(20)21)15(22)23-16(2,3)4/h9,17H,5-8H2,1-4H3. The number of nitrogens with one attached hydrogen (secondary N) is 1. The lowest BCUT2D eigenvalue weighted by atomic mass is 10.1. The predicted molar refractivity (Wildman–Crippen MR) is 85.8 cm³/mol. The first-order valence-corrected chi connectivity index (χ1v) is 7.83. The van der Waals surface area contributed by atoms with E-state index < -0.39 is 5.60 Å². The smallest absolute Gasteiger partial charge is 0.410 e. The fourth-order valence-corrected chi connectivity index (χ4v) is 2.78. The summed E-state index contributed by atoms with van der Waals surface area (Å²) < 4.78 is 6.89. The van der Waals surface area contributed by atoms with Gasteiger partial charge in [-0.15, -0.1) is 0 Å². The van der Waals surface area contributed by atoms with Gasteiger partial charge in [0.25, 0.3) is 5.56 Å². The molecule has 0 radical (unpaired) electrons. The van der Waals surface area contributed by atoms with Gasteiger partial charge in [0.1, 0.15) is 5.60 Å². The lowest BCUT2D eigenvalue weighted by Crippen LogP contribution is -2.38. The molecule has 1 amide bonds. The van der Waals surface area contributed by atoms with E-state index in [4.69, 9.17) is 4.74 Å². The van der Waals surface area contributed by atoms with Crippen LogP contribution >= 0.6 is 0 Å². The van der Waals surface area contributed by atoms with Gasteiger partial charge in [-0.3, -0.25) is 9.89 Å². The number of amides is 1. The first-order valence-electron chi connectivity index (χ1n) is 7.83. The number of aromatic amines is 1. The minimum atomic E-state index is -0.527. The van der Waals surface area contributed by atoms with Gasteiger partial charge < -0.3 is 9.64 Å². The number of hydrogen-bond acceptors (Lipinski definition) is 4. The summed E-state index contributed by atoms with van der Waals surface area (Å²) in [5, 5.41) is 2.93. The Hall–Kier alpha value is -2.31. The molecule has 1 aliphatic rings. The van der Waals surface area contributed by atoms with Crippen LogP contribution in [-0.4, -0.2) is 44.3 Å². The minimum Gasteiger partial charge on any atom is -0.444 e. The van der Waals surface area contributed by atoms with Gasteiger partial charge in [-0.1, -0.05) is 0 Å². The first-order chi connectivity index (χ1) is 10.8. The molecule has 124 valence electrons. The van der Waals surface area contributed by atoms with Crippen LogP contribution < -0.4 is 5.56 Å². The second-order valence-electron chi connectivity index (χ2n) is 6.93. The fraction of sp³-hybridized carbons (Fsp3) is 0.562. The van der Waals surface area contributed by atoms with Crippen molar-refractivity contribution < 1.29 is 9.53 Å². The van der Waals surface area contributed by atoms with Crippen molar-refractivity contribution in [1.82, 2.24) is 19.5 Å². The predicted octanol–water partition coefficient (Wildman–Crippen LogP) is 1.67. The van der Waals surface area contributed by atoms with Gasteiger partial charge in [-0.2, -0.15) is 0 Å². The van der Waals surface area contributed by atoms with Gasteiger partial charge in [0, 0.05) is 36.8 Å². The second kappa shape index (κ2) is 5.40. The molecule has 0 spiro atoms. The van der Waals surface area contributed by atoms with Crippen LogP contribution in [0, 0.1) is 6.92 Å². The molecule has 3 rings (SSSR count). The molecular weight excluding hydrogens is 296 g/mol. The Morgan fingerprint density at radius 1 is 1.30 bits per heavy atom. The molecule has 0 saturated carbocycles. The van der Waals surface area contributed by atoms with Crippen molar-refractivity contribution in [1.29, 1.82) is 0 Å². The van der Waals surface area contributed by atoms with E-state index in [9.17, 15) is 9.59 Å². The van der Waals surface area contributed by atoms with Gasteiger partial charge in [0.05, 0.1) is 5.69 Å². The van der Waals surface area contributed by atoms with Crippen molar-refractivity contribution in [2.24, 2.45) is 0 Å². The average molecular weight is 318 g/mol. The third kappa shape index (κ3) is 2.95. The summed E-state index contributed by atoms with van der Waals surface area (Å²) in [5.74, 6) is 0. The fourth-order valence-electron chi connectivity index (χ4n) is 2.78. The maximum atomic E-state index is 12.6. The highest BCUT2D eigenvalue weighted by molar-refractivity contribution is 5.68. The Bertz CT molecular complexity index is 813. The Labute approximate surface area is 134 Å². The van der Waals surface area contributed by atoms with Gasteiger partial charge in [0.15, 0.2) is 5.65 Å². The topological polar surface area (TPSA) is 79.7 Å². The minimum absolute atomic E-state index is 0.0795. The summed E-state index contributed by atoms with van der Waals surface area (Å²) in [5.41, 5.74) is 2.43. The zero-order valence-electron chi connectivity index (χ0n) is 14.0. The van der Waals surface area contributed by atoms with E-state index in [0.29, 0.717) is 37.1 Å². The maximum Gasteiger partial charge on any atom is 0.410 e. The summed E-state index contributed by atoms with van der Waals surface area (Å²) in [4.78, 5) is 31.1. The summed E-state index contributed by atoms with van der Waals surface area (Å²) >= 11 is 0. The van der Waals surface area contributed by atoms with Crippen LogP contribution in [0.1, 0.15) is 37.6 Å². The molecular formula is C16H22N4O3. The molecule has 1 N–H and O–H groups in total. The number of hydrogen-bond donors (Lipinski definition) is 1. The molecule has 2 aromatic heterocycles. The zero-order valence-corrected chi connectivity index (χ0v) is 14.0. The second-order valence-corrected chi connectivity index (χ2v) is 6.93. The van der Waals surface area contributed by atoms with Crippen molar-refractivity contribution in [2.75, 3.05) is 13.1 Å². The van der Waals surface area contributed by atoms with Crippen molar-refractivity contribution in [2.45, 2.75) is 46.1 Å². The number of carbonyl (C=O) groups excluding carboxylic acids is 1. The Kier molecular flexibility index (Phi) is 3.66. The molecule has 0 bridgehead atoms. The highest BCUT2D eigenvalue weighted by Crippen LogP contribution is 2.16. The number of rotatable bonds is 0. The number of aryl methyl sites for hydroxylation is 1. The molecule has 0 saturated heterocycles. The van der Waals surface area contributed by atoms with E-state index in [1.165, 1.54) is 4.52 Å². The third-order valence-electron chi connectivity index (χ3n) is 3.93. The van der Waals surface area contributed by atoms with E-state index in [1.54, 1.807) is 11.1 Å². The SMILES string of the molecule is Cc1c[nH]n2c(=O)c3c(nc12)CCN(C(=O)OC(C)(C)C)CC3. The van der Waals surface area contributed by atoms with Crippen LogP contribution in [0.15, 0.2) is 11.0 Å². The number of H-pyrrole nitrogens is 1. The molecule has 0 unspecified atom stereocenters. The van der Waals surface area contributed by atoms with E-state index in [2.05, 4.69) is 10.1 Å². The van der Waals surface area contributed by atoms with E-state index in [0.717, 1.165) is 11.3 Å². The van der Waals surface area contributed by atoms with Crippen molar-refractivity contribution in [3.05, 3.63) is 33.4 Å². The monoisotopic (exact) mass is 318 g/mol. The summed E-state index contributed by atoms with van der Waals surface area (Å²) in [7, 11) is 0. The van der Waals surface area contributed by atoms with Crippen LogP contribution in [0.3, 0.4) is 0 Å². The zero-order chi connectivity index (χ0) is 16.8. The number of carbonyl (C=O) groups is 1. The molecule has 7 nitrogen and oxygen atoms in total. The quantitative estimate of drug-likeness (QED) is 0.801. The van der Waals surface area contributed by atoms with Crippen molar-refractivity contribution in [3.8, 4) is 0 Å². The van der Waals surface area contributed by atoms with Crippen molar-refractivity contribution in [3.63, 3.8) is 0 Å². The third-order valence-corrected chi connectivity index (χ3v) is 3.93. The van der Waals surface area contributed by atoms with Crippen LogP contribution in [0.5, 0.6) is 0 Å². The number of fused-ring (bicyclic) bond motifs is 2. The molecule has 0 atom stereocenters. The van der Waals surface area contributed by atoms with Gasteiger partial charge in [-0.05, 0) is 34.1 Å². The Balaban J connectivity index is 1.89. The van der Waals surface area contributed by atoms with Gasteiger partial charge in [-0.25, -0.2) is 14.3 Å². The van der Waals surface area contributed by atoms with E-state index in [1.807, 2.05) is 27.7 Å². The van der Waals surface area contributed by atoms with E-state index in [-0.39, 0.29) is 11.7 Å². The lowest BCUT2D eigenvalue weighted by Gasteiger charge is -2.26. The highest BCUT2D eigenvalue weighted by Gasteiger charge is 2.26. The van der Waals surface area contributed by atoms with Gasteiger partial charge in [0.2, 0.25) is 0 Å². The largest absolute Gasteiger partial charge is 0.444 e. The van der Waals surface area contributed by atoms with Gasteiger partial charge >= 0.3 is 6.09 Å². The molecule has 3 heterocycles. The molecule has 0 fully saturated rings. The molecule has 23 heavy (non-hydrogen) atoms. The van der Waals surface area contributed by atoms with Crippen LogP contribution in [-0.2, 0) is 17.6 Å². The summed E-state index contributed by atoms with van der Waals surface area (Å²) in [6.07, 6.45) is 2.48. The normalized spacial score (nSPS) is 15.4. The van der Waals surface area contributed by atoms with Crippen LogP contribution in [0.4, 0.5) is 4.79 Å². The first kappa shape index (κ1) is 15.6.